The lowest BCUT2D eigenvalue weighted by molar-refractivity contribution is 0.0609. The van der Waals surface area contributed by atoms with Crippen LogP contribution in [0.3, 0.4) is 0 Å². The van der Waals surface area contributed by atoms with E-state index >= 15 is 0 Å². The zero-order valence-electron chi connectivity index (χ0n) is 11.6. The Morgan fingerprint density at radius 2 is 1.95 bits per heavy atom. The fourth-order valence-corrected chi connectivity index (χ4v) is 2.16. The molecule has 6 nitrogen and oxygen atoms in total. The predicted molar refractivity (Wildman–Crippen MR) is 78.7 cm³/mol. The number of hydrogen-bond donors (Lipinski definition) is 2. The molecule has 0 amide bonds. The summed E-state index contributed by atoms with van der Waals surface area (Å²) in [6.07, 6.45) is 2.21. The van der Waals surface area contributed by atoms with E-state index in [1.165, 1.54) is 6.92 Å². The number of ketones is 1. The van der Waals surface area contributed by atoms with Crippen LogP contribution < -0.4 is 0 Å². The molecule has 0 aliphatic heterocycles. The van der Waals surface area contributed by atoms with Crippen LogP contribution in [0.25, 0.3) is 6.08 Å². The molecule has 0 saturated carbocycles. The number of hydrogen-bond acceptors (Lipinski definition) is 5. The van der Waals surface area contributed by atoms with Gasteiger partial charge in [-0.25, -0.2) is 0 Å². The first-order valence-electron chi connectivity index (χ1n) is 6.26. The van der Waals surface area contributed by atoms with Gasteiger partial charge in [0.15, 0.2) is 5.78 Å². The number of carbonyl (C=O) groups excluding carboxylic acids is 1. The molecular formula is C14H18O6S. The van der Waals surface area contributed by atoms with Crippen molar-refractivity contribution < 1.29 is 27.6 Å². The van der Waals surface area contributed by atoms with Crippen molar-refractivity contribution in [3.8, 4) is 0 Å². The van der Waals surface area contributed by atoms with E-state index in [9.17, 15) is 18.3 Å². The fraction of sp³-hybridized carbons (Fsp3) is 0.357. The summed E-state index contributed by atoms with van der Waals surface area (Å²) in [4.78, 5) is 11.1. The minimum Gasteiger partial charge on any atom is -0.390 e. The third-order valence-electron chi connectivity index (χ3n) is 2.55. The first-order chi connectivity index (χ1) is 9.78. The maximum Gasteiger partial charge on any atom is 0.267 e. The average Bonchev–Trinajstić information content (AvgIpc) is 2.36. The number of Topliss-reactive ketones (excluding diaryl/α,β-unsaturated/α-hetero) is 1. The van der Waals surface area contributed by atoms with Crippen LogP contribution in [0.5, 0.6) is 0 Å². The largest absolute Gasteiger partial charge is 0.390 e. The Labute approximate surface area is 123 Å². The smallest absolute Gasteiger partial charge is 0.267 e. The summed E-state index contributed by atoms with van der Waals surface area (Å²) >= 11 is 0. The van der Waals surface area contributed by atoms with Crippen molar-refractivity contribution in [1.82, 2.24) is 0 Å². The Bertz CT molecular complexity index is 588. The second-order valence-electron chi connectivity index (χ2n) is 4.52. The van der Waals surface area contributed by atoms with Crippen molar-refractivity contribution in [2.24, 2.45) is 0 Å². The van der Waals surface area contributed by atoms with Gasteiger partial charge in [-0.3, -0.25) is 9.35 Å². The maximum absolute atomic E-state index is 11.1. The SMILES string of the molecule is CC(=O)c1ccc(/C=C/COCC(O)CS(=O)(=O)O)cc1. The summed E-state index contributed by atoms with van der Waals surface area (Å²) in [5.41, 5.74) is 1.53. The second kappa shape index (κ2) is 8.04. The molecule has 1 aromatic carbocycles. The summed E-state index contributed by atoms with van der Waals surface area (Å²) in [6, 6.07) is 7.03. The molecule has 1 rings (SSSR count). The zero-order valence-corrected chi connectivity index (χ0v) is 12.4. The number of carbonyl (C=O) groups is 1. The van der Waals surface area contributed by atoms with Crippen molar-refractivity contribution in [2.75, 3.05) is 19.0 Å². The van der Waals surface area contributed by atoms with Crippen LogP contribution in [0.1, 0.15) is 22.8 Å². The monoisotopic (exact) mass is 314 g/mol. The standard InChI is InChI=1S/C14H18O6S/c1-11(15)13-6-4-12(5-7-13)3-2-8-20-9-14(16)10-21(17,18)19/h2-7,14,16H,8-10H2,1H3,(H,17,18,19)/b3-2+. The van der Waals surface area contributed by atoms with Gasteiger partial charge in [0.05, 0.1) is 19.3 Å². The van der Waals surface area contributed by atoms with Gasteiger partial charge in [-0.2, -0.15) is 8.42 Å². The lowest BCUT2D eigenvalue weighted by Gasteiger charge is -2.07. The van der Waals surface area contributed by atoms with Gasteiger partial charge < -0.3 is 9.84 Å². The highest BCUT2D eigenvalue weighted by molar-refractivity contribution is 7.85. The Morgan fingerprint density at radius 3 is 2.48 bits per heavy atom. The zero-order chi connectivity index (χ0) is 15.9. The molecule has 1 unspecified atom stereocenters. The van der Waals surface area contributed by atoms with E-state index in [1.54, 1.807) is 36.4 Å². The van der Waals surface area contributed by atoms with Crippen molar-refractivity contribution >= 4 is 22.0 Å². The molecule has 0 saturated heterocycles. The molecule has 2 N–H and O–H groups in total. The van der Waals surface area contributed by atoms with E-state index in [4.69, 9.17) is 9.29 Å². The molecule has 0 bridgehead atoms. The van der Waals surface area contributed by atoms with Crippen LogP contribution in [0, 0.1) is 0 Å². The summed E-state index contributed by atoms with van der Waals surface area (Å²) in [5.74, 6) is -0.745. The third-order valence-corrected chi connectivity index (χ3v) is 3.36. The molecule has 0 heterocycles. The highest BCUT2D eigenvalue weighted by atomic mass is 32.2. The van der Waals surface area contributed by atoms with Crippen LogP contribution >= 0.6 is 0 Å². The van der Waals surface area contributed by atoms with Crippen molar-refractivity contribution in [3.05, 3.63) is 41.5 Å². The van der Waals surface area contributed by atoms with Gasteiger partial charge in [-0.05, 0) is 12.5 Å². The van der Waals surface area contributed by atoms with Gasteiger partial charge in [0.1, 0.15) is 5.75 Å². The van der Waals surface area contributed by atoms with Crippen LogP contribution in [0.4, 0.5) is 0 Å². The van der Waals surface area contributed by atoms with E-state index in [2.05, 4.69) is 0 Å². The molecular weight excluding hydrogens is 296 g/mol. The molecule has 0 aliphatic carbocycles. The summed E-state index contributed by atoms with van der Waals surface area (Å²) < 4.78 is 34.6. The normalized spacial score (nSPS) is 13.5. The summed E-state index contributed by atoms with van der Waals surface area (Å²) in [6.45, 7) is 1.50. The second-order valence-corrected chi connectivity index (χ2v) is 6.02. The molecule has 0 aromatic heterocycles. The Morgan fingerprint density at radius 1 is 1.33 bits per heavy atom. The number of ether oxygens (including phenoxy) is 1. The third kappa shape index (κ3) is 7.72. The Kier molecular flexibility index (Phi) is 6.70. The number of rotatable bonds is 8. The molecule has 0 aliphatic rings. The molecule has 0 radical (unpaired) electrons. The minimum absolute atomic E-state index is 0.00156. The van der Waals surface area contributed by atoms with Crippen molar-refractivity contribution in [2.45, 2.75) is 13.0 Å². The Balaban J connectivity index is 2.33. The fourth-order valence-electron chi connectivity index (χ4n) is 1.58. The van der Waals surface area contributed by atoms with E-state index < -0.39 is 22.0 Å². The average molecular weight is 314 g/mol. The Hall–Kier alpha value is -1.54. The number of benzene rings is 1. The molecule has 116 valence electrons. The highest BCUT2D eigenvalue weighted by Gasteiger charge is 2.13. The van der Waals surface area contributed by atoms with Crippen LogP contribution in [0.15, 0.2) is 30.3 Å². The maximum atomic E-state index is 11.1. The lowest BCUT2D eigenvalue weighted by Crippen LogP contribution is -2.25. The van der Waals surface area contributed by atoms with Crippen LogP contribution in [-0.2, 0) is 14.9 Å². The molecule has 1 atom stereocenters. The molecule has 0 fully saturated rings. The van der Waals surface area contributed by atoms with E-state index in [1.807, 2.05) is 0 Å². The summed E-state index contributed by atoms with van der Waals surface area (Å²) in [5, 5.41) is 9.26. The summed E-state index contributed by atoms with van der Waals surface area (Å²) in [7, 11) is -4.20. The quantitative estimate of drug-likeness (QED) is 0.424. The van der Waals surface area contributed by atoms with Crippen molar-refractivity contribution in [1.29, 1.82) is 0 Å². The molecule has 1 aromatic rings. The van der Waals surface area contributed by atoms with Crippen molar-refractivity contribution in [3.63, 3.8) is 0 Å². The van der Waals surface area contributed by atoms with Gasteiger partial charge in [-0.1, -0.05) is 36.4 Å². The van der Waals surface area contributed by atoms with Crippen LogP contribution in [-0.4, -0.2) is 48.9 Å². The number of aliphatic hydroxyl groups excluding tert-OH is 1. The predicted octanol–water partition coefficient (Wildman–Crippen LogP) is 1.17. The van der Waals surface area contributed by atoms with Gasteiger partial charge in [-0.15, -0.1) is 0 Å². The van der Waals surface area contributed by atoms with E-state index in [0.717, 1.165) is 5.56 Å². The first-order valence-corrected chi connectivity index (χ1v) is 7.87. The minimum atomic E-state index is -4.20. The highest BCUT2D eigenvalue weighted by Crippen LogP contribution is 2.06. The topological polar surface area (TPSA) is 101 Å². The van der Waals surface area contributed by atoms with E-state index in [-0.39, 0.29) is 19.0 Å². The van der Waals surface area contributed by atoms with Gasteiger partial charge in [0.25, 0.3) is 10.1 Å². The molecule has 7 heteroatoms. The number of aliphatic hydroxyl groups is 1. The van der Waals surface area contributed by atoms with E-state index in [0.29, 0.717) is 5.56 Å². The molecule has 0 spiro atoms. The lowest BCUT2D eigenvalue weighted by atomic mass is 10.1. The van der Waals surface area contributed by atoms with Gasteiger partial charge >= 0.3 is 0 Å². The van der Waals surface area contributed by atoms with Gasteiger partial charge in [0, 0.05) is 5.56 Å². The molecule has 21 heavy (non-hydrogen) atoms. The van der Waals surface area contributed by atoms with Gasteiger partial charge in [0.2, 0.25) is 0 Å². The first kappa shape index (κ1) is 17.5. The van der Waals surface area contributed by atoms with Crippen LogP contribution in [0.2, 0.25) is 0 Å².